The van der Waals surface area contributed by atoms with E-state index in [1.54, 1.807) is 0 Å². The van der Waals surface area contributed by atoms with Crippen LogP contribution in [0.4, 0.5) is 26.4 Å². The van der Waals surface area contributed by atoms with Gasteiger partial charge in [0, 0.05) is 14.0 Å². The minimum Gasteiger partial charge on any atom is -0.442 e. The number of nitrogens with one attached hydrogen (secondary N) is 1. The van der Waals surface area contributed by atoms with Crippen LogP contribution in [0.25, 0.3) is 0 Å². The number of halogens is 1. The number of carbonyl (C=O) groups excluding carboxylic acids is 3. The number of hydrogen-bond acceptors (Lipinski definition) is 7. The first-order valence-electron chi connectivity index (χ1n) is 8.71. The molecule has 1 aliphatic heterocycles. The van der Waals surface area contributed by atoms with Gasteiger partial charge >= 0.3 is 12.0 Å². The van der Waals surface area contributed by atoms with E-state index in [1.807, 2.05) is 0 Å². The summed E-state index contributed by atoms with van der Waals surface area (Å²) in [6.45, 7) is 1.58. The molecule has 3 rings (SSSR count). The molecule has 12 heteroatoms. The summed E-state index contributed by atoms with van der Waals surface area (Å²) in [5, 5.41) is 13.2. The maximum atomic E-state index is 14.7. The molecule has 2 heterocycles. The molecule has 1 aromatic heterocycles. The molecule has 0 saturated carbocycles. The average molecular weight is 420 g/mol. The lowest BCUT2D eigenvalue weighted by molar-refractivity contribution is -0.402. The number of amides is 3. The van der Waals surface area contributed by atoms with Crippen molar-refractivity contribution in [1.82, 2.24) is 5.32 Å². The van der Waals surface area contributed by atoms with Gasteiger partial charge in [0.05, 0.1) is 30.5 Å². The van der Waals surface area contributed by atoms with Crippen LogP contribution in [0.2, 0.25) is 0 Å². The van der Waals surface area contributed by atoms with Gasteiger partial charge in [-0.1, -0.05) is 0 Å². The van der Waals surface area contributed by atoms with Crippen molar-refractivity contribution in [1.29, 1.82) is 0 Å². The lowest BCUT2D eigenvalue weighted by atomic mass is 10.2. The topological polar surface area (TPSA) is 135 Å². The van der Waals surface area contributed by atoms with Crippen LogP contribution in [0.5, 0.6) is 0 Å². The predicted molar refractivity (Wildman–Crippen MR) is 101 cm³/mol. The standard InChI is InChI=1S/C18H17FN4O7/c1-10(24)20-8-12-9-22(18(26)29-12)11-3-4-14(13(19)7-11)21(2)17(25)15-5-6-16(30-15)23(27)28/h3-7,12H,8-9H2,1-2H3,(H,20,24)/t12-/m0/s1. The molecule has 0 bridgehead atoms. The van der Waals surface area contributed by atoms with Crippen molar-refractivity contribution in [3.63, 3.8) is 0 Å². The second-order valence-corrected chi connectivity index (χ2v) is 6.45. The highest BCUT2D eigenvalue weighted by Crippen LogP contribution is 2.28. The summed E-state index contributed by atoms with van der Waals surface area (Å²) in [7, 11) is 1.28. The number of anilines is 2. The van der Waals surface area contributed by atoms with Crippen molar-refractivity contribution in [2.45, 2.75) is 13.0 Å². The van der Waals surface area contributed by atoms with E-state index in [2.05, 4.69) is 5.32 Å². The molecule has 2 aromatic rings. The molecule has 0 spiro atoms. The number of rotatable bonds is 6. The molecular formula is C18H17FN4O7. The van der Waals surface area contributed by atoms with Crippen molar-refractivity contribution in [3.8, 4) is 0 Å². The van der Waals surface area contributed by atoms with Gasteiger partial charge in [-0.15, -0.1) is 0 Å². The zero-order valence-electron chi connectivity index (χ0n) is 16.0. The van der Waals surface area contributed by atoms with Crippen LogP contribution in [0, 0.1) is 15.9 Å². The molecule has 0 unspecified atom stereocenters. The van der Waals surface area contributed by atoms with Crippen molar-refractivity contribution in [3.05, 3.63) is 52.0 Å². The zero-order chi connectivity index (χ0) is 22.0. The minimum atomic E-state index is -0.803. The van der Waals surface area contributed by atoms with Crippen LogP contribution >= 0.6 is 0 Å². The number of nitrogens with zero attached hydrogens (tertiary/aromatic N) is 3. The smallest absolute Gasteiger partial charge is 0.433 e. The van der Waals surface area contributed by atoms with E-state index in [9.17, 15) is 28.9 Å². The van der Waals surface area contributed by atoms with E-state index in [-0.39, 0.29) is 36.1 Å². The predicted octanol–water partition coefficient (Wildman–Crippen LogP) is 2.06. The Morgan fingerprint density at radius 1 is 1.37 bits per heavy atom. The summed E-state index contributed by atoms with van der Waals surface area (Å²) >= 11 is 0. The fraction of sp³-hybridized carbons (Fsp3) is 0.278. The van der Waals surface area contributed by atoms with Gasteiger partial charge < -0.3 is 19.4 Å². The first-order chi connectivity index (χ1) is 14.2. The third-order valence-electron chi connectivity index (χ3n) is 4.34. The first kappa shape index (κ1) is 20.8. The fourth-order valence-electron chi connectivity index (χ4n) is 2.85. The second-order valence-electron chi connectivity index (χ2n) is 6.45. The van der Waals surface area contributed by atoms with Gasteiger partial charge in [-0.2, -0.15) is 0 Å². The van der Waals surface area contributed by atoms with Crippen molar-refractivity contribution in [2.24, 2.45) is 0 Å². The summed E-state index contributed by atoms with van der Waals surface area (Å²) in [6.07, 6.45) is -1.27. The van der Waals surface area contributed by atoms with Crippen LogP contribution in [-0.4, -0.2) is 49.1 Å². The van der Waals surface area contributed by atoms with Crippen LogP contribution < -0.4 is 15.1 Å². The molecule has 0 radical (unpaired) electrons. The number of ether oxygens (including phenoxy) is 1. The number of carbonyl (C=O) groups is 3. The van der Waals surface area contributed by atoms with Gasteiger partial charge in [0.25, 0.3) is 5.91 Å². The lowest BCUT2D eigenvalue weighted by Gasteiger charge is -2.19. The second kappa shape index (κ2) is 8.19. The Kier molecular flexibility index (Phi) is 5.67. The Balaban J connectivity index is 1.74. The van der Waals surface area contributed by atoms with E-state index >= 15 is 0 Å². The minimum absolute atomic E-state index is 0.114. The Hall–Kier alpha value is -3.96. The summed E-state index contributed by atoms with van der Waals surface area (Å²) in [6, 6.07) is 5.92. The van der Waals surface area contributed by atoms with Gasteiger partial charge in [0.1, 0.15) is 16.8 Å². The Morgan fingerprint density at radius 2 is 2.10 bits per heavy atom. The molecule has 158 valence electrons. The van der Waals surface area contributed by atoms with Crippen molar-refractivity contribution >= 4 is 35.2 Å². The molecule has 1 saturated heterocycles. The normalized spacial score (nSPS) is 15.6. The Morgan fingerprint density at radius 3 is 2.70 bits per heavy atom. The monoisotopic (exact) mass is 420 g/mol. The Bertz CT molecular complexity index is 1020. The molecule has 1 fully saturated rings. The third kappa shape index (κ3) is 4.21. The maximum Gasteiger partial charge on any atom is 0.433 e. The summed E-state index contributed by atoms with van der Waals surface area (Å²) in [5.74, 6) is -2.79. The SMILES string of the molecule is CC(=O)NC[C@H]1CN(c2ccc(N(C)C(=O)c3ccc([N+](=O)[O-])o3)c(F)c2)C(=O)O1. The molecule has 1 aromatic carbocycles. The molecule has 3 amide bonds. The van der Waals surface area contributed by atoms with E-state index < -0.39 is 34.7 Å². The first-order valence-corrected chi connectivity index (χ1v) is 8.71. The maximum absolute atomic E-state index is 14.7. The van der Waals surface area contributed by atoms with Crippen LogP contribution in [0.1, 0.15) is 17.5 Å². The molecule has 0 aliphatic carbocycles. The zero-order valence-corrected chi connectivity index (χ0v) is 16.0. The highest BCUT2D eigenvalue weighted by Gasteiger charge is 2.33. The van der Waals surface area contributed by atoms with Gasteiger partial charge in [-0.3, -0.25) is 24.6 Å². The summed E-state index contributed by atoms with van der Waals surface area (Å²) in [4.78, 5) is 47.5. The molecule has 1 N–H and O–H groups in total. The van der Waals surface area contributed by atoms with Gasteiger partial charge in [-0.05, 0) is 24.3 Å². The highest BCUT2D eigenvalue weighted by atomic mass is 19.1. The lowest BCUT2D eigenvalue weighted by Crippen LogP contribution is -2.33. The molecule has 1 aliphatic rings. The molecule has 1 atom stereocenters. The summed E-state index contributed by atoms with van der Waals surface area (Å²) in [5.41, 5.74) is 0.0891. The average Bonchev–Trinajstić information content (AvgIpc) is 3.32. The molecule has 30 heavy (non-hydrogen) atoms. The summed E-state index contributed by atoms with van der Waals surface area (Å²) < 4.78 is 24.7. The van der Waals surface area contributed by atoms with Crippen molar-refractivity contribution in [2.75, 3.05) is 29.9 Å². The number of nitro groups is 1. The van der Waals surface area contributed by atoms with E-state index in [0.717, 1.165) is 23.1 Å². The van der Waals surface area contributed by atoms with E-state index in [4.69, 9.17) is 9.15 Å². The van der Waals surface area contributed by atoms with Gasteiger partial charge in [0.15, 0.2) is 5.76 Å². The van der Waals surface area contributed by atoms with Gasteiger partial charge in [-0.25, -0.2) is 9.18 Å². The van der Waals surface area contributed by atoms with Crippen LogP contribution in [-0.2, 0) is 9.53 Å². The largest absolute Gasteiger partial charge is 0.442 e. The fourth-order valence-corrected chi connectivity index (χ4v) is 2.85. The highest BCUT2D eigenvalue weighted by molar-refractivity contribution is 6.04. The number of benzene rings is 1. The van der Waals surface area contributed by atoms with Gasteiger partial charge in [0.2, 0.25) is 5.91 Å². The Labute approximate surface area is 169 Å². The number of furan rings is 1. The number of cyclic esters (lactones) is 1. The molecule has 11 nitrogen and oxygen atoms in total. The van der Waals surface area contributed by atoms with Crippen LogP contribution in [0.3, 0.4) is 0 Å². The quantitative estimate of drug-likeness (QED) is 0.558. The number of hydrogen-bond donors (Lipinski definition) is 1. The third-order valence-corrected chi connectivity index (χ3v) is 4.34. The van der Waals surface area contributed by atoms with Crippen molar-refractivity contribution < 1.29 is 32.9 Å². The van der Waals surface area contributed by atoms with E-state index in [0.29, 0.717) is 0 Å². The van der Waals surface area contributed by atoms with Crippen LogP contribution in [0.15, 0.2) is 34.7 Å². The van der Waals surface area contributed by atoms with E-state index in [1.165, 1.54) is 31.0 Å². The molecular weight excluding hydrogens is 403 g/mol.